The molecule has 1 fully saturated rings. The van der Waals surface area contributed by atoms with Gasteiger partial charge in [0.2, 0.25) is 10.0 Å². The van der Waals surface area contributed by atoms with Crippen molar-refractivity contribution in [2.75, 3.05) is 0 Å². The van der Waals surface area contributed by atoms with Gasteiger partial charge in [0.1, 0.15) is 0 Å². The Hall–Kier alpha value is -1.65. The molecule has 1 aliphatic carbocycles. The Morgan fingerprint density at radius 2 is 1.54 bits per heavy atom. The highest BCUT2D eigenvalue weighted by molar-refractivity contribution is 7.89. The SMILES string of the molecule is Cc1ccc(C(NS(=O)(=O)c2ccccc2)C2CCCCC2)cc1. The number of hydrogen-bond acceptors (Lipinski definition) is 2. The molecule has 1 aliphatic rings. The molecule has 1 atom stereocenters. The van der Waals surface area contributed by atoms with Crippen LogP contribution in [0.25, 0.3) is 0 Å². The maximum absolute atomic E-state index is 12.8. The molecule has 128 valence electrons. The Morgan fingerprint density at radius 1 is 0.917 bits per heavy atom. The molecule has 0 bridgehead atoms. The van der Waals surface area contributed by atoms with Crippen LogP contribution in [0.15, 0.2) is 59.5 Å². The van der Waals surface area contributed by atoms with Crippen molar-refractivity contribution in [2.45, 2.75) is 50.0 Å². The van der Waals surface area contributed by atoms with Gasteiger partial charge in [-0.25, -0.2) is 13.1 Å². The molecular weight excluding hydrogens is 318 g/mol. The summed E-state index contributed by atoms with van der Waals surface area (Å²) in [4.78, 5) is 0.331. The summed E-state index contributed by atoms with van der Waals surface area (Å²) in [5, 5.41) is 0. The predicted octanol–water partition coefficient (Wildman–Crippen LogP) is 4.59. The van der Waals surface area contributed by atoms with Crippen molar-refractivity contribution in [3.05, 3.63) is 65.7 Å². The van der Waals surface area contributed by atoms with E-state index in [1.165, 1.54) is 24.8 Å². The van der Waals surface area contributed by atoms with Gasteiger partial charge in [-0.15, -0.1) is 0 Å². The molecule has 1 unspecified atom stereocenters. The Kier molecular flexibility index (Phi) is 5.36. The zero-order valence-corrected chi connectivity index (χ0v) is 14.9. The number of aryl methyl sites for hydroxylation is 1. The minimum atomic E-state index is -3.52. The zero-order chi connectivity index (χ0) is 17.0. The lowest BCUT2D eigenvalue weighted by Gasteiger charge is -2.31. The normalized spacial score (nSPS) is 17.5. The van der Waals surface area contributed by atoms with Gasteiger partial charge < -0.3 is 0 Å². The highest BCUT2D eigenvalue weighted by Crippen LogP contribution is 2.35. The van der Waals surface area contributed by atoms with Crippen LogP contribution < -0.4 is 4.72 Å². The van der Waals surface area contributed by atoms with Crippen LogP contribution in [-0.2, 0) is 10.0 Å². The molecule has 2 aromatic carbocycles. The molecule has 0 spiro atoms. The summed E-state index contributed by atoms with van der Waals surface area (Å²) in [6, 6.07) is 16.7. The smallest absolute Gasteiger partial charge is 0.207 e. The number of nitrogens with one attached hydrogen (secondary N) is 1. The molecule has 0 aromatic heterocycles. The largest absolute Gasteiger partial charge is 0.241 e. The lowest BCUT2D eigenvalue weighted by Crippen LogP contribution is -2.34. The molecule has 1 N–H and O–H groups in total. The summed E-state index contributed by atoms with van der Waals surface area (Å²) < 4.78 is 28.6. The van der Waals surface area contributed by atoms with Crippen LogP contribution in [0.2, 0.25) is 0 Å². The average molecular weight is 343 g/mol. The van der Waals surface area contributed by atoms with Crippen LogP contribution in [0, 0.1) is 12.8 Å². The molecule has 0 amide bonds. The number of rotatable bonds is 5. The van der Waals surface area contributed by atoms with Gasteiger partial charge >= 0.3 is 0 Å². The number of sulfonamides is 1. The van der Waals surface area contributed by atoms with Gasteiger partial charge in [0.25, 0.3) is 0 Å². The second-order valence-electron chi connectivity index (χ2n) is 6.72. The quantitative estimate of drug-likeness (QED) is 0.863. The van der Waals surface area contributed by atoms with Crippen molar-refractivity contribution in [3.8, 4) is 0 Å². The van der Waals surface area contributed by atoms with E-state index in [2.05, 4.69) is 29.0 Å². The fraction of sp³-hybridized carbons (Fsp3) is 0.400. The number of hydrogen-bond donors (Lipinski definition) is 1. The van der Waals surface area contributed by atoms with Crippen molar-refractivity contribution in [2.24, 2.45) is 5.92 Å². The summed E-state index contributed by atoms with van der Waals surface area (Å²) in [7, 11) is -3.52. The molecule has 0 heterocycles. The molecule has 4 heteroatoms. The van der Waals surface area contributed by atoms with Crippen molar-refractivity contribution in [1.82, 2.24) is 4.72 Å². The van der Waals surface area contributed by atoms with Crippen molar-refractivity contribution >= 4 is 10.0 Å². The first-order chi connectivity index (χ1) is 11.6. The summed E-state index contributed by atoms with van der Waals surface area (Å²) >= 11 is 0. The van der Waals surface area contributed by atoms with E-state index in [9.17, 15) is 8.42 Å². The monoisotopic (exact) mass is 343 g/mol. The maximum Gasteiger partial charge on any atom is 0.241 e. The minimum absolute atomic E-state index is 0.156. The van der Waals surface area contributed by atoms with E-state index in [1.807, 2.05) is 13.0 Å². The summed E-state index contributed by atoms with van der Waals surface area (Å²) in [5.41, 5.74) is 2.25. The van der Waals surface area contributed by atoms with E-state index < -0.39 is 10.0 Å². The second kappa shape index (κ2) is 7.49. The van der Waals surface area contributed by atoms with Gasteiger partial charge in [-0.05, 0) is 43.4 Å². The van der Waals surface area contributed by atoms with Crippen molar-refractivity contribution in [1.29, 1.82) is 0 Å². The first-order valence-corrected chi connectivity index (χ1v) is 10.2. The summed E-state index contributed by atoms with van der Waals surface area (Å²) in [5.74, 6) is 0.361. The molecular formula is C20H25NO2S. The van der Waals surface area contributed by atoms with Crippen LogP contribution in [0.3, 0.4) is 0 Å². The van der Waals surface area contributed by atoms with E-state index in [1.54, 1.807) is 24.3 Å². The van der Waals surface area contributed by atoms with Gasteiger partial charge in [0.15, 0.2) is 0 Å². The fourth-order valence-electron chi connectivity index (χ4n) is 3.51. The molecule has 3 nitrogen and oxygen atoms in total. The third-order valence-electron chi connectivity index (χ3n) is 4.89. The van der Waals surface area contributed by atoms with E-state index >= 15 is 0 Å². The third-order valence-corrected chi connectivity index (χ3v) is 6.35. The zero-order valence-electron chi connectivity index (χ0n) is 14.1. The molecule has 1 saturated carbocycles. The Morgan fingerprint density at radius 3 is 2.17 bits per heavy atom. The first-order valence-electron chi connectivity index (χ1n) is 8.70. The van der Waals surface area contributed by atoms with Gasteiger partial charge in [0, 0.05) is 6.04 Å². The summed E-state index contributed by atoms with van der Waals surface area (Å²) in [6.45, 7) is 2.05. The van der Waals surface area contributed by atoms with E-state index in [0.717, 1.165) is 18.4 Å². The van der Waals surface area contributed by atoms with Crippen LogP contribution in [0.5, 0.6) is 0 Å². The summed E-state index contributed by atoms with van der Waals surface area (Å²) in [6.07, 6.45) is 5.77. The fourth-order valence-corrected chi connectivity index (χ4v) is 4.83. The average Bonchev–Trinajstić information content (AvgIpc) is 2.62. The molecule has 3 rings (SSSR count). The molecule has 0 saturated heterocycles. The van der Waals surface area contributed by atoms with Gasteiger partial charge in [-0.3, -0.25) is 0 Å². The van der Waals surface area contributed by atoms with Crippen molar-refractivity contribution < 1.29 is 8.42 Å². The molecule has 0 aliphatic heterocycles. The Balaban J connectivity index is 1.91. The second-order valence-corrected chi connectivity index (χ2v) is 8.43. The lowest BCUT2D eigenvalue weighted by molar-refractivity contribution is 0.294. The molecule has 2 aromatic rings. The highest BCUT2D eigenvalue weighted by atomic mass is 32.2. The predicted molar refractivity (Wildman–Crippen MR) is 97.3 cm³/mol. The topological polar surface area (TPSA) is 46.2 Å². The van der Waals surface area contributed by atoms with E-state index in [4.69, 9.17) is 0 Å². The van der Waals surface area contributed by atoms with Crippen molar-refractivity contribution in [3.63, 3.8) is 0 Å². The van der Waals surface area contributed by atoms with Crippen LogP contribution >= 0.6 is 0 Å². The lowest BCUT2D eigenvalue weighted by atomic mass is 9.81. The van der Waals surface area contributed by atoms with Gasteiger partial charge in [0.05, 0.1) is 4.90 Å². The van der Waals surface area contributed by atoms with E-state index in [0.29, 0.717) is 10.8 Å². The van der Waals surface area contributed by atoms with Crippen LogP contribution in [0.4, 0.5) is 0 Å². The van der Waals surface area contributed by atoms with Gasteiger partial charge in [-0.2, -0.15) is 0 Å². The Labute approximate surface area is 145 Å². The van der Waals surface area contributed by atoms with E-state index in [-0.39, 0.29) is 6.04 Å². The third kappa shape index (κ3) is 4.05. The maximum atomic E-state index is 12.8. The number of benzene rings is 2. The van der Waals surface area contributed by atoms with Crippen LogP contribution in [0.1, 0.15) is 49.3 Å². The van der Waals surface area contributed by atoms with Crippen LogP contribution in [-0.4, -0.2) is 8.42 Å². The first kappa shape index (κ1) is 17.2. The standard InChI is InChI=1S/C20H25NO2S/c1-16-12-14-18(15-13-16)20(17-8-4-2-5-9-17)21-24(22,23)19-10-6-3-7-11-19/h3,6-7,10-15,17,20-21H,2,4-5,8-9H2,1H3. The molecule has 0 radical (unpaired) electrons. The minimum Gasteiger partial charge on any atom is -0.207 e. The van der Waals surface area contributed by atoms with Gasteiger partial charge in [-0.1, -0.05) is 67.3 Å². The Bertz CT molecular complexity index is 748. The highest BCUT2D eigenvalue weighted by Gasteiger charge is 2.29. The molecule has 24 heavy (non-hydrogen) atoms.